The minimum absolute atomic E-state index is 0.102. The molecule has 0 spiro atoms. The van der Waals surface area contributed by atoms with E-state index in [1.807, 2.05) is 32.0 Å². The quantitative estimate of drug-likeness (QED) is 0.667. The molecule has 2 amide bonds. The molecule has 106 valence electrons. The van der Waals surface area contributed by atoms with Crippen LogP contribution in [0.25, 0.3) is 0 Å². The molecule has 0 saturated carbocycles. The van der Waals surface area contributed by atoms with Crippen molar-refractivity contribution >= 4 is 23.8 Å². The first kappa shape index (κ1) is 14.2. The summed E-state index contributed by atoms with van der Waals surface area (Å²) < 4.78 is 0. The number of hydrogen-bond acceptors (Lipinski definition) is 3. The lowest BCUT2D eigenvalue weighted by atomic mass is 10.1. The first-order chi connectivity index (χ1) is 9.51. The Balaban J connectivity index is 1.97. The number of anilines is 1. The van der Waals surface area contributed by atoms with Crippen molar-refractivity contribution in [3.05, 3.63) is 29.3 Å². The zero-order valence-electron chi connectivity index (χ0n) is 11.7. The molecule has 1 saturated heterocycles. The molecular weight excluding hydrogens is 256 g/mol. The third-order valence-corrected chi connectivity index (χ3v) is 3.75. The number of amides is 2. The van der Waals surface area contributed by atoms with Crippen molar-refractivity contribution in [1.29, 1.82) is 0 Å². The number of carbonyl (C=O) groups is 3. The second-order valence-electron chi connectivity index (χ2n) is 5.18. The van der Waals surface area contributed by atoms with Gasteiger partial charge in [-0.1, -0.05) is 6.07 Å². The van der Waals surface area contributed by atoms with Crippen molar-refractivity contribution in [2.24, 2.45) is 5.92 Å². The Morgan fingerprint density at radius 1 is 1.30 bits per heavy atom. The molecule has 20 heavy (non-hydrogen) atoms. The van der Waals surface area contributed by atoms with Crippen LogP contribution in [0.4, 0.5) is 5.69 Å². The van der Waals surface area contributed by atoms with Gasteiger partial charge in [0, 0.05) is 18.8 Å². The second-order valence-corrected chi connectivity index (χ2v) is 5.18. The summed E-state index contributed by atoms with van der Waals surface area (Å²) in [5, 5.41) is 2.86. The van der Waals surface area contributed by atoms with Gasteiger partial charge in [0.05, 0.1) is 5.92 Å². The zero-order valence-corrected chi connectivity index (χ0v) is 11.7. The summed E-state index contributed by atoms with van der Waals surface area (Å²) in [6.07, 6.45) is 0.889. The lowest BCUT2D eigenvalue weighted by Gasteiger charge is -2.14. The van der Waals surface area contributed by atoms with E-state index in [0.29, 0.717) is 25.8 Å². The van der Waals surface area contributed by atoms with E-state index >= 15 is 0 Å². The average Bonchev–Trinajstić information content (AvgIpc) is 2.92. The van der Waals surface area contributed by atoms with Crippen molar-refractivity contribution in [2.45, 2.75) is 20.3 Å². The van der Waals surface area contributed by atoms with Gasteiger partial charge in [0.15, 0.2) is 0 Å². The summed E-state index contributed by atoms with van der Waals surface area (Å²) in [5.74, 6) is -0.901. The van der Waals surface area contributed by atoms with Crippen LogP contribution in [0.1, 0.15) is 17.5 Å². The maximum absolute atomic E-state index is 12.1. The summed E-state index contributed by atoms with van der Waals surface area (Å²) in [5.41, 5.74) is 3.05. The van der Waals surface area contributed by atoms with Gasteiger partial charge in [-0.25, -0.2) is 0 Å². The number of aryl methyl sites for hydroxylation is 2. The highest BCUT2D eigenvalue weighted by molar-refractivity contribution is 6.23. The van der Waals surface area contributed by atoms with E-state index in [0.717, 1.165) is 11.3 Å². The topological polar surface area (TPSA) is 66.5 Å². The number of aldehydes is 1. The van der Waals surface area contributed by atoms with Crippen molar-refractivity contribution < 1.29 is 14.4 Å². The van der Waals surface area contributed by atoms with Crippen LogP contribution < -0.4 is 5.32 Å². The molecular formula is C15H18N2O3. The van der Waals surface area contributed by atoms with Gasteiger partial charge in [-0.2, -0.15) is 0 Å². The molecule has 1 N–H and O–H groups in total. The Morgan fingerprint density at radius 2 is 2.05 bits per heavy atom. The smallest absolute Gasteiger partial charge is 0.286 e. The standard InChI is InChI=1S/C15H18N2O3/c1-10-3-4-13(7-11(10)2)16-15(20)12-5-6-17(8-12)14(19)9-18/h3-4,7,9,12H,5-6,8H2,1-2H3,(H,16,20). The van der Waals surface area contributed by atoms with Crippen LogP contribution in [0.5, 0.6) is 0 Å². The van der Waals surface area contributed by atoms with Gasteiger partial charge in [-0.3, -0.25) is 14.4 Å². The summed E-state index contributed by atoms with van der Waals surface area (Å²) in [7, 11) is 0. The number of rotatable bonds is 3. The molecule has 2 rings (SSSR count). The zero-order chi connectivity index (χ0) is 14.7. The van der Waals surface area contributed by atoms with Gasteiger partial charge in [-0.05, 0) is 43.5 Å². The fraction of sp³-hybridized carbons (Fsp3) is 0.400. The fourth-order valence-corrected chi connectivity index (χ4v) is 2.31. The molecule has 1 aromatic rings. The number of likely N-dealkylation sites (tertiary alicyclic amines) is 1. The van der Waals surface area contributed by atoms with Gasteiger partial charge in [0.1, 0.15) is 0 Å². The molecule has 0 aliphatic carbocycles. The molecule has 1 aliphatic rings. The van der Waals surface area contributed by atoms with Crippen LogP contribution in [-0.4, -0.2) is 36.1 Å². The highest BCUT2D eigenvalue weighted by Crippen LogP contribution is 2.20. The van der Waals surface area contributed by atoms with E-state index in [-0.39, 0.29) is 11.8 Å². The normalized spacial score (nSPS) is 17.9. The van der Waals surface area contributed by atoms with Gasteiger partial charge in [-0.15, -0.1) is 0 Å². The van der Waals surface area contributed by atoms with Gasteiger partial charge in [0.25, 0.3) is 5.91 Å². The molecule has 1 heterocycles. The van der Waals surface area contributed by atoms with E-state index in [9.17, 15) is 14.4 Å². The Bertz CT molecular complexity index is 554. The van der Waals surface area contributed by atoms with Crippen LogP contribution in [0, 0.1) is 19.8 Å². The number of nitrogens with one attached hydrogen (secondary N) is 1. The third-order valence-electron chi connectivity index (χ3n) is 3.75. The van der Waals surface area contributed by atoms with Crippen LogP contribution in [0.3, 0.4) is 0 Å². The molecule has 5 heteroatoms. The molecule has 0 aromatic heterocycles. The Kier molecular flexibility index (Phi) is 4.17. The first-order valence-electron chi connectivity index (χ1n) is 6.63. The van der Waals surface area contributed by atoms with Crippen molar-refractivity contribution in [3.8, 4) is 0 Å². The fourth-order valence-electron chi connectivity index (χ4n) is 2.31. The predicted octanol–water partition coefficient (Wildman–Crippen LogP) is 1.29. The molecule has 0 radical (unpaired) electrons. The van der Waals surface area contributed by atoms with Crippen molar-refractivity contribution in [3.63, 3.8) is 0 Å². The highest BCUT2D eigenvalue weighted by Gasteiger charge is 2.30. The molecule has 0 bridgehead atoms. The minimum atomic E-state index is -0.550. The summed E-state index contributed by atoms with van der Waals surface area (Å²) in [6, 6.07) is 5.75. The first-order valence-corrected chi connectivity index (χ1v) is 6.63. The highest BCUT2D eigenvalue weighted by atomic mass is 16.2. The van der Waals surface area contributed by atoms with Crippen molar-refractivity contribution in [2.75, 3.05) is 18.4 Å². The largest absolute Gasteiger partial charge is 0.336 e. The number of carbonyl (C=O) groups excluding carboxylic acids is 3. The molecule has 1 aromatic carbocycles. The molecule has 5 nitrogen and oxygen atoms in total. The van der Waals surface area contributed by atoms with Crippen LogP contribution in [0.15, 0.2) is 18.2 Å². The van der Waals surface area contributed by atoms with Gasteiger partial charge >= 0.3 is 0 Å². The maximum atomic E-state index is 12.1. The lowest BCUT2D eigenvalue weighted by molar-refractivity contribution is -0.138. The summed E-state index contributed by atoms with van der Waals surface area (Å²) >= 11 is 0. The monoisotopic (exact) mass is 274 g/mol. The van der Waals surface area contributed by atoms with E-state index in [4.69, 9.17) is 0 Å². The van der Waals surface area contributed by atoms with Crippen LogP contribution in [0.2, 0.25) is 0 Å². The van der Waals surface area contributed by atoms with Gasteiger partial charge in [0.2, 0.25) is 12.2 Å². The third kappa shape index (κ3) is 3.04. The Hall–Kier alpha value is -2.17. The number of nitrogens with zero attached hydrogens (tertiary/aromatic N) is 1. The molecule has 1 atom stereocenters. The maximum Gasteiger partial charge on any atom is 0.286 e. The SMILES string of the molecule is Cc1ccc(NC(=O)C2CCN(C(=O)C=O)C2)cc1C. The Morgan fingerprint density at radius 3 is 2.70 bits per heavy atom. The average molecular weight is 274 g/mol. The summed E-state index contributed by atoms with van der Waals surface area (Å²) in [4.78, 5) is 35.2. The Labute approximate surface area is 118 Å². The van der Waals surface area contributed by atoms with Gasteiger partial charge < -0.3 is 10.2 Å². The van der Waals surface area contributed by atoms with E-state index in [2.05, 4.69) is 5.32 Å². The van der Waals surface area contributed by atoms with E-state index < -0.39 is 5.91 Å². The predicted molar refractivity (Wildman–Crippen MR) is 75.3 cm³/mol. The van der Waals surface area contributed by atoms with E-state index in [1.54, 1.807) is 0 Å². The molecule has 1 unspecified atom stereocenters. The van der Waals surface area contributed by atoms with Crippen LogP contribution >= 0.6 is 0 Å². The lowest BCUT2D eigenvalue weighted by Crippen LogP contribution is -2.32. The van der Waals surface area contributed by atoms with E-state index in [1.165, 1.54) is 10.5 Å². The van der Waals surface area contributed by atoms with Crippen molar-refractivity contribution in [1.82, 2.24) is 4.90 Å². The molecule has 1 fully saturated rings. The minimum Gasteiger partial charge on any atom is -0.336 e. The second kappa shape index (κ2) is 5.86. The summed E-state index contributed by atoms with van der Waals surface area (Å²) in [6.45, 7) is 4.78. The van der Waals surface area contributed by atoms with Crippen LogP contribution in [-0.2, 0) is 14.4 Å². The number of benzene rings is 1. The number of hydrogen-bond donors (Lipinski definition) is 1. The molecule has 1 aliphatic heterocycles.